The summed E-state index contributed by atoms with van der Waals surface area (Å²) in [4.78, 5) is 0. The van der Waals surface area contributed by atoms with E-state index in [4.69, 9.17) is 0 Å². The van der Waals surface area contributed by atoms with Crippen LogP contribution in [0.4, 0.5) is 0 Å². The Morgan fingerprint density at radius 2 is 1.18 bits per heavy atom. The van der Waals surface area contributed by atoms with E-state index in [-0.39, 0.29) is 0 Å². The second-order valence-corrected chi connectivity index (χ2v) is 5.86. The Balaban J connectivity index is 2.06. The van der Waals surface area contributed by atoms with Crippen LogP contribution in [0.1, 0.15) is 23.3 Å². The van der Waals surface area contributed by atoms with E-state index < -0.39 is 24.4 Å². The molecule has 0 radical (unpaired) electrons. The van der Waals surface area contributed by atoms with Crippen molar-refractivity contribution in [2.75, 3.05) is 0 Å². The van der Waals surface area contributed by atoms with Crippen LogP contribution in [0.25, 0.3) is 21.5 Å². The normalized spacial score (nSPS) is 28.0. The van der Waals surface area contributed by atoms with E-state index in [2.05, 4.69) is 0 Å². The van der Waals surface area contributed by atoms with Crippen LogP contribution in [0.15, 0.2) is 48.5 Å². The smallest absolute Gasteiger partial charge is 0.113 e. The lowest BCUT2D eigenvalue weighted by Crippen LogP contribution is -2.41. The lowest BCUT2D eigenvalue weighted by Gasteiger charge is -2.34. The third-order valence-corrected chi connectivity index (χ3v) is 4.58. The van der Waals surface area contributed by atoms with Gasteiger partial charge >= 0.3 is 0 Å². The third-order valence-electron chi connectivity index (χ3n) is 4.58. The molecule has 1 aliphatic rings. The highest BCUT2D eigenvalue weighted by molar-refractivity contribution is 6.07. The molecule has 4 nitrogen and oxygen atoms in total. The third kappa shape index (κ3) is 1.79. The molecule has 3 aromatic rings. The molecule has 4 N–H and O–H groups in total. The maximum Gasteiger partial charge on any atom is 0.113 e. The molecule has 0 aliphatic heterocycles. The number of hydrogen-bond acceptors (Lipinski definition) is 4. The van der Waals surface area contributed by atoms with Crippen LogP contribution in [0.3, 0.4) is 0 Å². The molecular formula is C18H16O4. The Kier molecular flexibility index (Phi) is 2.96. The minimum Gasteiger partial charge on any atom is -0.387 e. The molecule has 22 heavy (non-hydrogen) atoms. The number of fused-ring (bicyclic) bond motifs is 4. The molecular weight excluding hydrogens is 284 g/mol. The monoisotopic (exact) mass is 300 g/mol. The van der Waals surface area contributed by atoms with Crippen molar-refractivity contribution in [2.24, 2.45) is 0 Å². The Morgan fingerprint density at radius 3 is 1.91 bits per heavy atom. The Labute approximate surface area is 126 Å². The summed E-state index contributed by atoms with van der Waals surface area (Å²) in [6.07, 6.45) is -5.20. The van der Waals surface area contributed by atoms with Gasteiger partial charge in [-0.2, -0.15) is 0 Å². The fraction of sp³-hybridized carbons (Fsp3) is 0.222. The van der Waals surface area contributed by atoms with Gasteiger partial charge in [-0.15, -0.1) is 0 Å². The molecule has 112 valence electrons. The van der Waals surface area contributed by atoms with Crippen molar-refractivity contribution in [2.45, 2.75) is 24.4 Å². The van der Waals surface area contributed by atoms with E-state index >= 15 is 0 Å². The number of aliphatic hydroxyl groups excluding tert-OH is 4. The first-order valence-electron chi connectivity index (χ1n) is 7.25. The first-order valence-corrected chi connectivity index (χ1v) is 7.25. The number of benzene rings is 3. The molecule has 0 heterocycles. The van der Waals surface area contributed by atoms with Crippen molar-refractivity contribution in [3.8, 4) is 0 Å². The van der Waals surface area contributed by atoms with Crippen molar-refractivity contribution in [1.29, 1.82) is 0 Å². The van der Waals surface area contributed by atoms with Gasteiger partial charge in [0.15, 0.2) is 0 Å². The van der Waals surface area contributed by atoms with Gasteiger partial charge in [0.1, 0.15) is 24.4 Å². The summed E-state index contributed by atoms with van der Waals surface area (Å²) in [7, 11) is 0. The predicted molar refractivity (Wildman–Crippen MR) is 83.4 cm³/mol. The molecule has 0 aromatic heterocycles. The fourth-order valence-corrected chi connectivity index (χ4v) is 3.34. The summed E-state index contributed by atoms with van der Waals surface area (Å²) in [5, 5.41) is 44.1. The summed E-state index contributed by atoms with van der Waals surface area (Å²) < 4.78 is 0. The fourth-order valence-electron chi connectivity index (χ4n) is 3.34. The van der Waals surface area contributed by atoms with Crippen LogP contribution in [-0.2, 0) is 0 Å². The molecule has 0 amide bonds. The summed E-state index contributed by atoms with van der Waals surface area (Å²) in [6, 6.07) is 15.5. The second-order valence-electron chi connectivity index (χ2n) is 5.86. The Morgan fingerprint density at radius 1 is 0.591 bits per heavy atom. The van der Waals surface area contributed by atoms with Crippen molar-refractivity contribution in [3.05, 3.63) is 59.7 Å². The van der Waals surface area contributed by atoms with E-state index in [1.54, 1.807) is 12.1 Å². The van der Waals surface area contributed by atoms with Crippen molar-refractivity contribution in [1.82, 2.24) is 0 Å². The van der Waals surface area contributed by atoms with Gasteiger partial charge in [-0.1, -0.05) is 36.4 Å². The zero-order valence-corrected chi connectivity index (χ0v) is 11.7. The first kappa shape index (κ1) is 13.7. The van der Waals surface area contributed by atoms with Crippen molar-refractivity contribution >= 4 is 21.5 Å². The quantitative estimate of drug-likeness (QED) is 0.377. The molecule has 1 aliphatic carbocycles. The molecule has 0 bridgehead atoms. The van der Waals surface area contributed by atoms with Crippen molar-refractivity contribution in [3.63, 3.8) is 0 Å². The molecule has 0 saturated carbocycles. The molecule has 0 fully saturated rings. The lowest BCUT2D eigenvalue weighted by molar-refractivity contribution is -0.120. The summed E-state index contributed by atoms with van der Waals surface area (Å²) in [5.41, 5.74) is 0.933. The van der Waals surface area contributed by atoms with Gasteiger partial charge in [0.25, 0.3) is 0 Å². The average Bonchev–Trinajstić information content (AvgIpc) is 2.56. The van der Waals surface area contributed by atoms with Crippen LogP contribution < -0.4 is 0 Å². The van der Waals surface area contributed by atoms with Crippen LogP contribution >= 0.6 is 0 Å². The van der Waals surface area contributed by atoms with E-state index in [1.807, 2.05) is 36.4 Å². The van der Waals surface area contributed by atoms with Gasteiger partial charge in [-0.05, 0) is 44.8 Å². The second kappa shape index (κ2) is 4.76. The first-order chi connectivity index (χ1) is 10.6. The highest BCUT2D eigenvalue weighted by Crippen LogP contribution is 2.40. The van der Waals surface area contributed by atoms with E-state index in [9.17, 15) is 20.4 Å². The van der Waals surface area contributed by atoms with Crippen molar-refractivity contribution < 1.29 is 20.4 Å². The van der Waals surface area contributed by atoms with Crippen LogP contribution in [-0.4, -0.2) is 32.6 Å². The summed E-state index contributed by atoms with van der Waals surface area (Å²) >= 11 is 0. The molecule has 4 atom stereocenters. The Hall–Kier alpha value is -1.98. The van der Waals surface area contributed by atoms with E-state index in [0.29, 0.717) is 11.1 Å². The standard InChI is InChI=1S/C18H16O4/c19-15-13-7-10-6-5-9-3-1-2-4-11(9)12(10)8-14(13)16(20)18(22)17(15)21/h1-8,15-22H/t15-,16+,17+,18-/m1/s1/i15+1,16+1,17+1,18+1. The molecule has 3 aromatic carbocycles. The average molecular weight is 300 g/mol. The molecule has 4 rings (SSSR count). The maximum atomic E-state index is 10.2. The topological polar surface area (TPSA) is 80.9 Å². The van der Waals surface area contributed by atoms with Gasteiger partial charge in [-0.25, -0.2) is 0 Å². The van der Waals surface area contributed by atoms with Crippen LogP contribution in [0.2, 0.25) is 0 Å². The van der Waals surface area contributed by atoms with E-state index in [1.165, 1.54) is 0 Å². The number of rotatable bonds is 0. The number of aliphatic hydroxyl groups is 4. The van der Waals surface area contributed by atoms with Gasteiger partial charge in [-0.3, -0.25) is 0 Å². The lowest BCUT2D eigenvalue weighted by atomic mass is 9.99. The largest absolute Gasteiger partial charge is 0.387 e. The number of hydrogen-bond donors (Lipinski definition) is 4. The van der Waals surface area contributed by atoms with Gasteiger partial charge in [0, 0.05) is 0 Å². The zero-order chi connectivity index (χ0) is 15.4. The summed E-state index contributed by atoms with van der Waals surface area (Å²) in [6.45, 7) is 0. The maximum absolute atomic E-state index is 10.2. The minimum atomic E-state index is -1.39. The molecule has 0 saturated heterocycles. The van der Waals surface area contributed by atoms with Gasteiger partial charge in [0.05, 0.1) is 0 Å². The minimum absolute atomic E-state index is 0.466. The zero-order valence-electron chi connectivity index (χ0n) is 11.7. The Bertz CT molecular complexity index is 873. The SMILES string of the molecule is O[13C@@H]1[13C@H](O)[13C@@H](O)c2cc3c(ccc4ccccc43)cc2[13C@H]1O. The van der Waals surface area contributed by atoms with Gasteiger partial charge in [0.2, 0.25) is 0 Å². The predicted octanol–water partition coefficient (Wildman–Crippen LogP) is 1.80. The molecule has 0 unspecified atom stereocenters. The summed E-state index contributed by atoms with van der Waals surface area (Å²) in [5.74, 6) is 0. The highest BCUT2D eigenvalue weighted by atomic mass is 16.5. The van der Waals surface area contributed by atoms with Crippen LogP contribution in [0, 0.1) is 0 Å². The molecule has 4 heteroatoms. The van der Waals surface area contributed by atoms with Crippen LogP contribution in [0.5, 0.6) is 0 Å². The highest BCUT2D eigenvalue weighted by Gasteiger charge is 2.39. The van der Waals surface area contributed by atoms with Gasteiger partial charge < -0.3 is 20.4 Å². The molecule has 0 spiro atoms. The van der Waals surface area contributed by atoms with E-state index in [0.717, 1.165) is 21.5 Å².